The van der Waals surface area contributed by atoms with E-state index in [1.807, 2.05) is 0 Å². The maximum Gasteiger partial charge on any atom is 0.295 e. The van der Waals surface area contributed by atoms with Crippen LogP contribution in [-0.4, -0.2) is 33.7 Å². The topological polar surface area (TPSA) is 139 Å². The van der Waals surface area contributed by atoms with E-state index in [1.54, 1.807) is 0 Å². The van der Waals surface area contributed by atoms with Gasteiger partial charge in [-0.1, -0.05) is 0 Å². The number of nitrogens with two attached hydrogens (primary N) is 1. The molecule has 1 aromatic carbocycles. The second-order valence-corrected chi connectivity index (χ2v) is 4.13. The van der Waals surface area contributed by atoms with Crippen LogP contribution in [0.1, 0.15) is 18.6 Å². The summed E-state index contributed by atoms with van der Waals surface area (Å²) < 4.78 is 13.3. The average Bonchev–Trinajstić information content (AvgIpc) is 2.36. The van der Waals surface area contributed by atoms with Gasteiger partial charge in [-0.05, 0) is 6.07 Å². The number of anilines is 1. The summed E-state index contributed by atoms with van der Waals surface area (Å²) in [6, 6.07) is 1.41. The van der Waals surface area contributed by atoms with Crippen LogP contribution >= 0.6 is 0 Å². The number of halogens is 1. The van der Waals surface area contributed by atoms with E-state index in [9.17, 15) is 29.5 Å². The van der Waals surface area contributed by atoms with Gasteiger partial charge < -0.3 is 21.3 Å². The molecule has 9 heteroatoms. The molecule has 8 nitrogen and oxygen atoms in total. The number of nitro groups is 1. The lowest BCUT2D eigenvalue weighted by atomic mass is 10.0. The molecule has 2 atom stereocenters. The number of hydrogen-bond acceptors (Lipinski definition) is 6. The third kappa shape index (κ3) is 3.62. The first-order chi connectivity index (χ1) is 9.23. The van der Waals surface area contributed by atoms with Crippen LogP contribution in [-0.2, 0) is 4.79 Å². The summed E-state index contributed by atoms with van der Waals surface area (Å²) in [4.78, 5) is 20.5. The molecule has 5 N–H and O–H groups in total. The number of benzene rings is 1. The zero-order valence-corrected chi connectivity index (χ0v) is 10.5. The number of rotatable bonds is 5. The first-order valence-corrected chi connectivity index (χ1v) is 5.58. The molecule has 0 aliphatic rings. The summed E-state index contributed by atoms with van der Waals surface area (Å²) in [7, 11) is 0. The third-order valence-electron chi connectivity index (χ3n) is 2.59. The number of hydrogen-bond donors (Lipinski definition) is 4. The van der Waals surface area contributed by atoms with Crippen molar-refractivity contribution in [3.8, 4) is 0 Å². The predicted octanol–water partition coefficient (Wildman–Crippen LogP) is -0.154. The summed E-state index contributed by atoms with van der Waals surface area (Å²) in [6.07, 6.45) is -3.15. The number of aliphatic hydroxyl groups excluding tert-OH is 2. The average molecular weight is 287 g/mol. The minimum absolute atomic E-state index is 0.305. The van der Waals surface area contributed by atoms with Gasteiger partial charge in [-0.25, -0.2) is 4.39 Å². The Balaban J connectivity index is 3.06. The number of carbonyl (C=O) groups is 1. The van der Waals surface area contributed by atoms with Crippen LogP contribution in [0.4, 0.5) is 15.8 Å². The van der Waals surface area contributed by atoms with Crippen LogP contribution in [0.3, 0.4) is 0 Å². The van der Waals surface area contributed by atoms with Crippen LogP contribution in [0, 0.1) is 15.9 Å². The fourth-order valence-electron chi connectivity index (χ4n) is 1.59. The van der Waals surface area contributed by atoms with Crippen LogP contribution in [0.2, 0.25) is 0 Å². The van der Waals surface area contributed by atoms with Crippen molar-refractivity contribution in [3.63, 3.8) is 0 Å². The summed E-state index contributed by atoms with van der Waals surface area (Å²) in [5, 5.41) is 32.4. The molecule has 2 unspecified atom stereocenters. The monoisotopic (exact) mass is 287 g/mol. The van der Waals surface area contributed by atoms with E-state index in [2.05, 4.69) is 5.32 Å². The summed E-state index contributed by atoms with van der Waals surface area (Å²) in [6.45, 7) is 0.904. The Morgan fingerprint density at radius 3 is 2.65 bits per heavy atom. The van der Waals surface area contributed by atoms with Crippen LogP contribution in [0.5, 0.6) is 0 Å². The van der Waals surface area contributed by atoms with Gasteiger partial charge in [0.1, 0.15) is 23.7 Å². The van der Waals surface area contributed by atoms with Crippen LogP contribution in [0.25, 0.3) is 0 Å². The maximum absolute atomic E-state index is 13.3. The number of nitro benzene ring substituents is 1. The molecule has 0 bridgehead atoms. The molecule has 0 aliphatic carbocycles. The Labute approximate surface area is 113 Å². The molecule has 0 aliphatic heterocycles. The fourth-order valence-corrected chi connectivity index (χ4v) is 1.59. The highest BCUT2D eigenvalue weighted by atomic mass is 19.1. The Kier molecular flexibility index (Phi) is 4.94. The van der Waals surface area contributed by atoms with Gasteiger partial charge in [0, 0.05) is 19.0 Å². The van der Waals surface area contributed by atoms with E-state index >= 15 is 0 Å². The van der Waals surface area contributed by atoms with Gasteiger partial charge in [0.05, 0.1) is 11.0 Å². The molecule has 0 saturated carbocycles. The van der Waals surface area contributed by atoms with Crippen molar-refractivity contribution < 1.29 is 24.3 Å². The minimum atomic E-state index is -1.67. The van der Waals surface area contributed by atoms with E-state index in [1.165, 1.54) is 6.92 Å². The van der Waals surface area contributed by atoms with Crippen LogP contribution < -0.4 is 11.1 Å². The first kappa shape index (κ1) is 15.8. The van der Waals surface area contributed by atoms with Gasteiger partial charge in [0.15, 0.2) is 0 Å². The zero-order chi connectivity index (χ0) is 15.4. The van der Waals surface area contributed by atoms with Crippen LogP contribution in [0.15, 0.2) is 12.1 Å². The van der Waals surface area contributed by atoms with Crippen molar-refractivity contribution in [2.45, 2.75) is 19.1 Å². The fraction of sp³-hybridized carbons (Fsp3) is 0.364. The molecule has 0 saturated heterocycles. The summed E-state index contributed by atoms with van der Waals surface area (Å²) >= 11 is 0. The molecule has 1 rings (SSSR count). The lowest BCUT2D eigenvalue weighted by Gasteiger charge is -2.19. The molecule has 0 fully saturated rings. The molecular weight excluding hydrogens is 273 g/mol. The van der Waals surface area contributed by atoms with Gasteiger partial charge in [0.25, 0.3) is 5.69 Å². The van der Waals surface area contributed by atoms with Crippen molar-refractivity contribution in [1.29, 1.82) is 0 Å². The SMILES string of the molecule is CC(=O)NCC(O)C(O)c1cc(F)cc([N+](=O)[O-])c1N. The highest BCUT2D eigenvalue weighted by Gasteiger charge is 2.26. The molecule has 20 heavy (non-hydrogen) atoms. The molecular formula is C11H14FN3O5. The Morgan fingerprint density at radius 2 is 2.15 bits per heavy atom. The van der Waals surface area contributed by atoms with E-state index in [4.69, 9.17) is 5.73 Å². The highest BCUT2D eigenvalue weighted by Crippen LogP contribution is 2.32. The van der Waals surface area contributed by atoms with E-state index < -0.39 is 40.2 Å². The lowest BCUT2D eigenvalue weighted by Crippen LogP contribution is -2.34. The summed E-state index contributed by atoms with van der Waals surface area (Å²) in [5.41, 5.74) is 4.03. The second-order valence-electron chi connectivity index (χ2n) is 4.13. The molecule has 110 valence electrons. The van der Waals surface area contributed by atoms with Crippen molar-refractivity contribution in [1.82, 2.24) is 5.32 Å². The number of nitrogens with zero attached hydrogens (tertiary/aromatic N) is 1. The Morgan fingerprint density at radius 1 is 1.55 bits per heavy atom. The van der Waals surface area contributed by atoms with E-state index in [0.29, 0.717) is 6.07 Å². The summed E-state index contributed by atoms with van der Waals surface area (Å²) in [5.74, 6) is -1.40. The molecule has 0 spiro atoms. The maximum atomic E-state index is 13.3. The van der Waals surface area contributed by atoms with E-state index in [0.717, 1.165) is 6.07 Å². The van der Waals surface area contributed by atoms with Gasteiger partial charge in [0.2, 0.25) is 5.91 Å². The largest absolute Gasteiger partial charge is 0.393 e. The molecule has 1 aromatic rings. The number of nitrogens with one attached hydrogen (secondary N) is 1. The zero-order valence-electron chi connectivity index (χ0n) is 10.5. The van der Waals surface area contributed by atoms with Gasteiger partial charge >= 0.3 is 0 Å². The van der Waals surface area contributed by atoms with Gasteiger partial charge in [-0.3, -0.25) is 14.9 Å². The quantitative estimate of drug-likeness (QED) is 0.337. The smallest absolute Gasteiger partial charge is 0.295 e. The number of aliphatic hydroxyl groups is 2. The number of amides is 1. The van der Waals surface area contributed by atoms with Crippen molar-refractivity contribution in [2.75, 3.05) is 12.3 Å². The lowest BCUT2D eigenvalue weighted by molar-refractivity contribution is -0.384. The standard InChI is InChI=1S/C11H14FN3O5/c1-5(16)14-4-9(17)11(18)7-2-6(12)3-8(10(7)13)15(19)20/h2-3,9,11,17-18H,4,13H2,1H3,(H,14,16). The molecule has 0 radical (unpaired) electrons. The van der Waals surface area contributed by atoms with Crippen molar-refractivity contribution in [2.24, 2.45) is 0 Å². The Bertz CT molecular complexity index is 537. The Hall–Kier alpha value is -2.26. The first-order valence-electron chi connectivity index (χ1n) is 5.58. The molecule has 1 amide bonds. The van der Waals surface area contributed by atoms with Gasteiger partial charge in [-0.15, -0.1) is 0 Å². The highest BCUT2D eigenvalue weighted by molar-refractivity contribution is 5.72. The second kappa shape index (κ2) is 6.26. The normalized spacial score (nSPS) is 13.6. The van der Waals surface area contributed by atoms with E-state index in [-0.39, 0.29) is 12.1 Å². The van der Waals surface area contributed by atoms with Crippen molar-refractivity contribution >= 4 is 17.3 Å². The minimum Gasteiger partial charge on any atom is -0.393 e. The molecule has 0 heterocycles. The van der Waals surface area contributed by atoms with Gasteiger partial charge in [-0.2, -0.15) is 0 Å². The number of nitrogen functional groups attached to an aromatic ring is 1. The molecule has 0 aromatic heterocycles. The predicted molar refractivity (Wildman–Crippen MR) is 67.1 cm³/mol. The van der Waals surface area contributed by atoms with Crippen molar-refractivity contribution in [3.05, 3.63) is 33.6 Å². The third-order valence-corrected chi connectivity index (χ3v) is 2.59. The number of carbonyl (C=O) groups excluding carboxylic acids is 1.